The molecule has 0 aliphatic heterocycles. The third kappa shape index (κ3) is 7.57. The minimum atomic E-state index is -0.372. The summed E-state index contributed by atoms with van der Waals surface area (Å²) in [6, 6.07) is 10.4. The van der Waals surface area contributed by atoms with Gasteiger partial charge in [0.15, 0.2) is 6.61 Å². The van der Waals surface area contributed by atoms with Gasteiger partial charge in [0.05, 0.1) is 33.8 Å². The number of rotatable bonds is 10. The number of nitrogens with zero attached hydrogens (tertiary/aromatic N) is 4. The Morgan fingerprint density at radius 1 is 1.11 bits per heavy atom. The summed E-state index contributed by atoms with van der Waals surface area (Å²) in [5, 5.41) is 26.8. The fourth-order valence-corrected chi connectivity index (χ4v) is 4.13. The van der Waals surface area contributed by atoms with Gasteiger partial charge >= 0.3 is 0 Å². The Bertz CT molecular complexity index is 1230. The number of anilines is 1. The van der Waals surface area contributed by atoms with Crippen molar-refractivity contribution in [3.8, 4) is 11.4 Å². The lowest BCUT2D eigenvalue weighted by molar-refractivity contribution is -0.123. The first kappa shape index (κ1) is 27.7. The zero-order valence-electron chi connectivity index (χ0n) is 19.9. The molecular formula is C23H26Cl2N6O4S. The van der Waals surface area contributed by atoms with Crippen LogP contribution in [0.2, 0.25) is 10.0 Å². The van der Waals surface area contributed by atoms with Gasteiger partial charge in [-0.25, -0.2) is 0 Å². The Morgan fingerprint density at radius 2 is 1.89 bits per heavy atom. The second kappa shape index (κ2) is 12.4. The number of ether oxygens (including phenoxy) is 1. The number of carbonyl (C=O) groups excluding carboxylic acids is 2. The van der Waals surface area contributed by atoms with Crippen molar-refractivity contribution in [3.63, 3.8) is 0 Å². The van der Waals surface area contributed by atoms with Crippen molar-refractivity contribution in [1.29, 1.82) is 0 Å². The van der Waals surface area contributed by atoms with Crippen LogP contribution in [0.25, 0.3) is 5.69 Å². The van der Waals surface area contributed by atoms with E-state index in [4.69, 9.17) is 33.0 Å². The highest BCUT2D eigenvalue weighted by molar-refractivity contribution is 7.99. The third-order valence-electron chi connectivity index (χ3n) is 4.83. The van der Waals surface area contributed by atoms with E-state index in [0.29, 0.717) is 27.3 Å². The van der Waals surface area contributed by atoms with Gasteiger partial charge in [0.1, 0.15) is 5.75 Å². The van der Waals surface area contributed by atoms with Gasteiger partial charge in [-0.15, -0.1) is 5.10 Å². The molecule has 0 saturated heterocycles. The average Bonchev–Trinajstić information content (AvgIpc) is 3.29. The van der Waals surface area contributed by atoms with E-state index in [0.717, 1.165) is 17.3 Å². The maximum Gasteiger partial charge on any atom is 0.258 e. The van der Waals surface area contributed by atoms with Crippen molar-refractivity contribution in [2.75, 3.05) is 30.8 Å². The van der Waals surface area contributed by atoms with Gasteiger partial charge in [-0.2, -0.15) is 4.68 Å². The van der Waals surface area contributed by atoms with Gasteiger partial charge in [0.25, 0.3) is 5.91 Å². The number of halogens is 2. The van der Waals surface area contributed by atoms with Gasteiger partial charge in [-0.1, -0.05) is 61.8 Å². The van der Waals surface area contributed by atoms with Crippen molar-refractivity contribution in [2.45, 2.75) is 31.3 Å². The molecule has 0 spiro atoms. The fourth-order valence-electron chi connectivity index (χ4n) is 2.96. The molecule has 0 fully saturated rings. The number of nitrogens with one attached hydrogen (secondary N) is 2. The molecule has 2 aromatic carbocycles. The molecule has 0 atom stereocenters. The minimum absolute atomic E-state index is 0.0255. The van der Waals surface area contributed by atoms with Crippen molar-refractivity contribution in [1.82, 2.24) is 25.5 Å². The SMILES string of the molecule is CC(C)(C)c1ccc(-n2nnnc2SCC(=O)Nc2ccc(OCC(=O)NCCO)cc2Cl)c(Cl)c1. The Hall–Kier alpha value is -2.86. The van der Waals surface area contributed by atoms with Gasteiger partial charge in [0.2, 0.25) is 11.1 Å². The summed E-state index contributed by atoms with van der Waals surface area (Å²) in [6.07, 6.45) is 0. The van der Waals surface area contributed by atoms with Gasteiger partial charge in [-0.05, 0) is 45.7 Å². The number of tetrazole rings is 1. The van der Waals surface area contributed by atoms with E-state index in [1.54, 1.807) is 12.1 Å². The summed E-state index contributed by atoms with van der Waals surface area (Å²) in [4.78, 5) is 24.1. The van der Waals surface area contributed by atoms with Crippen LogP contribution in [-0.2, 0) is 15.0 Å². The summed E-state index contributed by atoms with van der Waals surface area (Å²) in [5.74, 6) is -0.302. The molecule has 3 aromatic rings. The zero-order chi connectivity index (χ0) is 26.3. The van der Waals surface area contributed by atoms with Crippen molar-refractivity contribution < 1.29 is 19.4 Å². The van der Waals surface area contributed by atoms with Crippen LogP contribution in [-0.4, -0.2) is 62.6 Å². The smallest absolute Gasteiger partial charge is 0.258 e. The molecule has 1 heterocycles. The average molecular weight is 553 g/mol. The first-order chi connectivity index (χ1) is 17.1. The molecule has 0 saturated carbocycles. The van der Waals surface area contributed by atoms with E-state index < -0.39 is 0 Å². The Kier molecular flexibility index (Phi) is 9.55. The number of hydrogen-bond acceptors (Lipinski definition) is 8. The van der Waals surface area contributed by atoms with E-state index in [2.05, 4.69) is 46.9 Å². The molecule has 10 nitrogen and oxygen atoms in total. The van der Waals surface area contributed by atoms with E-state index in [-0.39, 0.29) is 47.8 Å². The number of aliphatic hydroxyl groups is 1. The number of amides is 2. The normalized spacial score (nSPS) is 11.3. The monoisotopic (exact) mass is 552 g/mol. The number of aromatic nitrogens is 4. The first-order valence-electron chi connectivity index (χ1n) is 10.9. The van der Waals surface area contributed by atoms with Crippen LogP contribution in [0.4, 0.5) is 5.69 Å². The van der Waals surface area contributed by atoms with Gasteiger partial charge in [0, 0.05) is 12.6 Å². The predicted molar refractivity (Wildman–Crippen MR) is 139 cm³/mol. The van der Waals surface area contributed by atoms with Crippen molar-refractivity contribution in [3.05, 3.63) is 52.0 Å². The first-order valence-corrected chi connectivity index (χ1v) is 12.6. The number of carbonyl (C=O) groups is 2. The van der Waals surface area contributed by atoms with Crippen LogP contribution in [0.15, 0.2) is 41.6 Å². The van der Waals surface area contributed by atoms with Gasteiger partial charge < -0.3 is 20.5 Å². The molecular weight excluding hydrogens is 527 g/mol. The lowest BCUT2D eigenvalue weighted by atomic mass is 9.87. The molecule has 36 heavy (non-hydrogen) atoms. The lowest BCUT2D eigenvalue weighted by Crippen LogP contribution is -2.31. The Morgan fingerprint density at radius 3 is 2.56 bits per heavy atom. The van der Waals surface area contributed by atoms with Gasteiger partial charge in [-0.3, -0.25) is 9.59 Å². The number of hydrogen-bond donors (Lipinski definition) is 3. The summed E-state index contributed by atoms with van der Waals surface area (Å²) in [5.41, 5.74) is 2.02. The maximum absolute atomic E-state index is 12.5. The molecule has 0 bridgehead atoms. The molecule has 0 aliphatic carbocycles. The number of aliphatic hydroxyl groups excluding tert-OH is 1. The molecule has 3 rings (SSSR count). The highest BCUT2D eigenvalue weighted by atomic mass is 35.5. The van der Waals surface area contributed by atoms with E-state index >= 15 is 0 Å². The molecule has 0 radical (unpaired) electrons. The summed E-state index contributed by atoms with van der Waals surface area (Å²) >= 11 is 13.9. The number of thioether (sulfide) groups is 1. The summed E-state index contributed by atoms with van der Waals surface area (Å²) in [6.45, 7) is 6.06. The minimum Gasteiger partial charge on any atom is -0.484 e. The highest BCUT2D eigenvalue weighted by Crippen LogP contribution is 2.31. The summed E-state index contributed by atoms with van der Waals surface area (Å²) in [7, 11) is 0. The maximum atomic E-state index is 12.5. The zero-order valence-corrected chi connectivity index (χ0v) is 22.2. The largest absolute Gasteiger partial charge is 0.484 e. The molecule has 3 N–H and O–H groups in total. The fraction of sp³-hybridized carbons (Fsp3) is 0.348. The van der Waals surface area contributed by atoms with Crippen LogP contribution in [0.3, 0.4) is 0 Å². The molecule has 0 unspecified atom stereocenters. The second-order valence-corrected chi connectivity index (χ2v) is 10.4. The molecule has 0 aliphatic rings. The predicted octanol–water partition coefficient (Wildman–Crippen LogP) is 3.48. The van der Waals surface area contributed by atoms with Crippen LogP contribution >= 0.6 is 35.0 Å². The van der Waals surface area contributed by atoms with Crippen LogP contribution < -0.4 is 15.4 Å². The molecule has 13 heteroatoms. The Balaban J connectivity index is 1.58. The standard InChI is InChI=1S/C23H26Cl2N6O4S/c1-23(2,3)14-4-7-19(17(25)10-14)31-22(28-29-30-31)36-13-21(34)27-18-6-5-15(11-16(18)24)35-12-20(33)26-8-9-32/h4-7,10-11,32H,8-9,12-13H2,1-3H3,(H,26,33)(H,27,34). The topological polar surface area (TPSA) is 131 Å². The number of benzene rings is 2. The molecule has 1 aromatic heterocycles. The molecule has 2 amide bonds. The van der Waals surface area contributed by atoms with Crippen LogP contribution in [0, 0.1) is 0 Å². The Labute approximate surface area is 222 Å². The molecule has 192 valence electrons. The van der Waals surface area contributed by atoms with E-state index in [1.807, 2.05) is 18.2 Å². The van der Waals surface area contributed by atoms with E-state index in [9.17, 15) is 9.59 Å². The van der Waals surface area contributed by atoms with Crippen LogP contribution in [0.1, 0.15) is 26.3 Å². The van der Waals surface area contributed by atoms with E-state index in [1.165, 1.54) is 10.7 Å². The van der Waals surface area contributed by atoms with Crippen LogP contribution in [0.5, 0.6) is 5.75 Å². The lowest BCUT2D eigenvalue weighted by Gasteiger charge is -2.20. The van der Waals surface area contributed by atoms with Crippen molar-refractivity contribution >= 4 is 52.5 Å². The highest BCUT2D eigenvalue weighted by Gasteiger charge is 2.18. The van der Waals surface area contributed by atoms with Crippen molar-refractivity contribution in [2.24, 2.45) is 0 Å². The third-order valence-corrected chi connectivity index (χ3v) is 6.37. The quantitative estimate of drug-likeness (QED) is 0.326. The second-order valence-electron chi connectivity index (χ2n) is 8.63. The summed E-state index contributed by atoms with van der Waals surface area (Å²) < 4.78 is 6.85.